The van der Waals surface area contributed by atoms with Gasteiger partial charge in [0.05, 0.1) is 0 Å². The molecule has 0 bridgehead atoms. The van der Waals surface area contributed by atoms with Crippen molar-refractivity contribution in [1.29, 1.82) is 0 Å². The van der Waals surface area contributed by atoms with Gasteiger partial charge < -0.3 is 9.84 Å². The molecule has 5 heteroatoms. The van der Waals surface area contributed by atoms with Gasteiger partial charge >= 0.3 is 5.97 Å². The molecule has 0 saturated heterocycles. The normalized spacial score (nSPS) is 40.1. The Kier molecular flexibility index (Phi) is 4.07. The molecule has 0 aromatic rings. The molecular formula is C17H24O5. The van der Waals surface area contributed by atoms with E-state index in [9.17, 15) is 19.5 Å². The highest BCUT2D eigenvalue weighted by molar-refractivity contribution is 5.88. The molecule has 2 rings (SSSR count). The Balaban J connectivity index is 2.67. The van der Waals surface area contributed by atoms with Gasteiger partial charge in [0.2, 0.25) is 0 Å². The first-order valence-corrected chi connectivity index (χ1v) is 7.66. The largest absolute Gasteiger partial charge is 0.458 e. The molecule has 0 aromatic carbocycles. The van der Waals surface area contributed by atoms with Crippen LogP contribution >= 0.6 is 0 Å². The molecular weight excluding hydrogens is 284 g/mol. The molecule has 0 radical (unpaired) electrons. The zero-order valence-electron chi connectivity index (χ0n) is 13.6. The van der Waals surface area contributed by atoms with Gasteiger partial charge in [-0.25, -0.2) is 0 Å². The van der Waals surface area contributed by atoms with E-state index in [-0.39, 0.29) is 16.9 Å². The Bertz CT molecular complexity index is 535. The van der Waals surface area contributed by atoms with Crippen molar-refractivity contribution in [3.63, 3.8) is 0 Å². The maximum Gasteiger partial charge on any atom is 0.303 e. The smallest absolute Gasteiger partial charge is 0.303 e. The van der Waals surface area contributed by atoms with Crippen molar-refractivity contribution in [3.05, 3.63) is 11.6 Å². The fraction of sp³-hybridized carbons (Fsp3) is 0.706. The zero-order valence-corrected chi connectivity index (χ0v) is 13.6. The maximum atomic E-state index is 11.7. The second kappa shape index (κ2) is 5.30. The number of esters is 1. The van der Waals surface area contributed by atoms with Gasteiger partial charge in [-0.3, -0.25) is 14.4 Å². The number of aliphatic hydroxyl groups is 1. The molecule has 0 heterocycles. The highest BCUT2D eigenvalue weighted by Crippen LogP contribution is 2.60. The minimum Gasteiger partial charge on any atom is -0.458 e. The summed E-state index contributed by atoms with van der Waals surface area (Å²) in [6.45, 7) is 7.25. The van der Waals surface area contributed by atoms with Crippen molar-refractivity contribution in [2.24, 2.45) is 16.7 Å². The first-order valence-electron chi connectivity index (χ1n) is 7.66. The van der Waals surface area contributed by atoms with Crippen LogP contribution < -0.4 is 0 Å². The predicted octanol–water partition coefficient (Wildman–Crippen LogP) is 1.82. The summed E-state index contributed by atoms with van der Waals surface area (Å²) in [6, 6.07) is 0. The number of carbonyl (C=O) groups is 3. The van der Waals surface area contributed by atoms with E-state index in [1.165, 1.54) is 13.0 Å². The van der Waals surface area contributed by atoms with Gasteiger partial charge in [0.15, 0.2) is 11.9 Å². The summed E-state index contributed by atoms with van der Waals surface area (Å²) in [4.78, 5) is 34.6. The minimum atomic E-state index is -1.84. The average molecular weight is 308 g/mol. The monoisotopic (exact) mass is 308 g/mol. The van der Waals surface area contributed by atoms with Crippen LogP contribution in [0.25, 0.3) is 0 Å². The fourth-order valence-corrected chi connectivity index (χ4v) is 4.67. The lowest BCUT2D eigenvalue weighted by Crippen LogP contribution is -2.64. The molecule has 2 aliphatic rings. The van der Waals surface area contributed by atoms with Crippen molar-refractivity contribution in [1.82, 2.24) is 0 Å². The summed E-state index contributed by atoms with van der Waals surface area (Å²) in [5.41, 5.74) is -2.92. The molecule has 0 unspecified atom stereocenters. The van der Waals surface area contributed by atoms with Crippen LogP contribution in [0.5, 0.6) is 0 Å². The van der Waals surface area contributed by atoms with Crippen LogP contribution in [0.15, 0.2) is 11.6 Å². The van der Waals surface area contributed by atoms with E-state index in [1.807, 2.05) is 6.92 Å². The van der Waals surface area contributed by atoms with Crippen LogP contribution in [0.4, 0.5) is 0 Å². The van der Waals surface area contributed by atoms with Crippen molar-refractivity contribution in [2.45, 2.75) is 58.7 Å². The average Bonchev–Trinajstić information content (AvgIpc) is 2.40. The summed E-state index contributed by atoms with van der Waals surface area (Å²) in [6.07, 6.45) is 4.14. The number of hydrogen-bond donors (Lipinski definition) is 1. The topological polar surface area (TPSA) is 80.7 Å². The van der Waals surface area contributed by atoms with E-state index in [0.29, 0.717) is 19.0 Å². The van der Waals surface area contributed by atoms with Crippen LogP contribution in [0.1, 0.15) is 47.0 Å². The Morgan fingerprint density at radius 2 is 1.95 bits per heavy atom. The van der Waals surface area contributed by atoms with Gasteiger partial charge in [-0.1, -0.05) is 27.2 Å². The summed E-state index contributed by atoms with van der Waals surface area (Å²) in [5, 5.41) is 11.0. The number of ether oxygens (including phenoxy) is 1. The van der Waals surface area contributed by atoms with Crippen molar-refractivity contribution in [3.8, 4) is 0 Å². The molecule has 0 aromatic heterocycles. The lowest BCUT2D eigenvalue weighted by atomic mass is 9.46. The molecule has 1 saturated carbocycles. The van der Waals surface area contributed by atoms with Crippen LogP contribution in [0.2, 0.25) is 0 Å². The number of rotatable bonds is 3. The van der Waals surface area contributed by atoms with E-state index < -0.39 is 23.1 Å². The molecule has 1 N–H and O–H groups in total. The molecule has 0 aliphatic heterocycles. The Morgan fingerprint density at radius 3 is 2.45 bits per heavy atom. The van der Waals surface area contributed by atoms with Crippen LogP contribution in [0, 0.1) is 16.7 Å². The van der Waals surface area contributed by atoms with Gasteiger partial charge in [-0.15, -0.1) is 0 Å². The summed E-state index contributed by atoms with van der Waals surface area (Å²) in [5.74, 6) is -0.677. The van der Waals surface area contributed by atoms with E-state index in [0.717, 1.165) is 12.8 Å². The van der Waals surface area contributed by atoms with Crippen molar-refractivity contribution in [2.75, 3.05) is 0 Å². The molecule has 1 fully saturated rings. The van der Waals surface area contributed by atoms with Crippen molar-refractivity contribution >= 4 is 18.5 Å². The molecule has 22 heavy (non-hydrogen) atoms. The Labute approximate surface area is 130 Å². The van der Waals surface area contributed by atoms with E-state index in [2.05, 4.69) is 13.8 Å². The van der Waals surface area contributed by atoms with Gasteiger partial charge in [-0.2, -0.15) is 0 Å². The highest BCUT2D eigenvalue weighted by atomic mass is 16.5. The third-order valence-corrected chi connectivity index (χ3v) is 5.63. The van der Waals surface area contributed by atoms with Crippen molar-refractivity contribution < 1.29 is 24.2 Å². The fourth-order valence-electron chi connectivity index (χ4n) is 4.67. The van der Waals surface area contributed by atoms with E-state index >= 15 is 0 Å². The predicted molar refractivity (Wildman–Crippen MR) is 79.9 cm³/mol. The first-order chi connectivity index (χ1) is 10.1. The Morgan fingerprint density at radius 1 is 1.32 bits per heavy atom. The third-order valence-electron chi connectivity index (χ3n) is 5.63. The van der Waals surface area contributed by atoms with Gasteiger partial charge in [-0.05, 0) is 24.3 Å². The minimum absolute atomic E-state index is 0.00907. The summed E-state index contributed by atoms with van der Waals surface area (Å²) >= 11 is 0. The second-order valence-corrected chi connectivity index (χ2v) is 7.44. The van der Waals surface area contributed by atoms with E-state index in [4.69, 9.17) is 4.74 Å². The summed E-state index contributed by atoms with van der Waals surface area (Å²) < 4.78 is 5.43. The Hall–Kier alpha value is -1.49. The number of hydrogen-bond acceptors (Lipinski definition) is 5. The van der Waals surface area contributed by atoms with Gasteiger partial charge in [0.25, 0.3) is 0 Å². The maximum absolute atomic E-state index is 11.7. The standard InChI is InChI=1S/C17H24O5/c1-11(20)22-13-8-12(9-18)17(21,10-19)16(4)7-5-6-15(2,3)14(13)16/h8-10,13-14,21H,5-7H2,1-4H3/t13-,14-,16-,17+/m0/s1. The van der Waals surface area contributed by atoms with Crippen LogP contribution in [-0.4, -0.2) is 35.4 Å². The first kappa shape index (κ1) is 16.9. The summed E-state index contributed by atoms with van der Waals surface area (Å²) in [7, 11) is 0. The zero-order chi connectivity index (χ0) is 16.8. The second-order valence-electron chi connectivity index (χ2n) is 7.44. The molecule has 4 atom stereocenters. The molecule has 0 amide bonds. The lowest BCUT2D eigenvalue weighted by molar-refractivity contribution is -0.186. The van der Waals surface area contributed by atoms with Gasteiger partial charge in [0, 0.05) is 23.8 Å². The van der Waals surface area contributed by atoms with Gasteiger partial charge in [0.1, 0.15) is 12.4 Å². The van der Waals surface area contributed by atoms with Crippen LogP contribution in [-0.2, 0) is 19.1 Å². The number of aldehydes is 2. The molecule has 0 spiro atoms. The third kappa shape index (κ3) is 2.22. The SMILES string of the molecule is CC(=O)O[C@H]1C=C(C=O)[C@](O)(C=O)[C@@]2(C)CCCC(C)(C)[C@H]12. The lowest BCUT2D eigenvalue weighted by Gasteiger charge is -2.59. The highest BCUT2D eigenvalue weighted by Gasteiger charge is 2.64. The molecule has 5 nitrogen and oxygen atoms in total. The van der Waals surface area contributed by atoms with E-state index in [1.54, 1.807) is 0 Å². The quantitative estimate of drug-likeness (QED) is 0.635. The molecule has 122 valence electrons. The number of fused-ring (bicyclic) bond motifs is 1. The molecule has 2 aliphatic carbocycles. The number of carbonyl (C=O) groups excluding carboxylic acids is 3. The van der Waals surface area contributed by atoms with Crippen LogP contribution in [0.3, 0.4) is 0 Å².